The van der Waals surface area contributed by atoms with Gasteiger partial charge in [0.05, 0.1) is 24.2 Å². The lowest BCUT2D eigenvalue weighted by molar-refractivity contribution is -0.113. The standard InChI is InChI=1S/C18H19N5O2S/c1-12-8-9-15(13(2)10-12)23-18(20-21-22-23)26-11-17(24)19-14-6-4-5-7-16(14)25-3/h4-10H,11H2,1-3H3,(H,19,24). The number of methoxy groups -OCH3 is 1. The second-order valence-electron chi connectivity index (χ2n) is 5.70. The number of anilines is 1. The van der Waals surface area contributed by atoms with Gasteiger partial charge in [0.15, 0.2) is 0 Å². The fourth-order valence-electron chi connectivity index (χ4n) is 2.53. The van der Waals surface area contributed by atoms with Gasteiger partial charge in [-0.1, -0.05) is 41.6 Å². The van der Waals surface area contributed by atoms with Crippen LogP contribution in [0.5, 0.6) is 5.75 Å². The highest BCUT2D eigenvalue weighted by molar-refractivity contribution is 7.99. The predicted octanol–water partition coefficient (Wildman–Crippen LogP) is 3.02. The summed E-state index contributed by atoms with van der Waals surface area (Å²) in [6, 6.07) is 13.3. The highest BCUT2D eigenvalue weighted by Gasteiger charge is 2.14. The maximum Gasteiger partial charge on any atom is 0.234 e. The molecule has 2 aromatic carbocycles. The average Bonchev–Trinajstić information content (AvgIpc) is 3.09. The molecule has 134 valence electrons. The van der Waals surface area contributed by atoms with Gasteiger partial charge in [0.25, 0.3) is 0 Å². The molecule has 0 saturated heterocycles. The van der Waals surface area contributed by atoms with Crippen LogP contribution in [-0.4, -0.2) is 39.0 Å². The SMILES string of the molecule is COc1ccccc1NC(=O)CSc1nnnn1-c1ccc(C)cc1C. The zero-order valence-corrected chi connectivity index (χ0v) is 15.6. The minimum atomic E-state index is -0.158. The first-order valence-corrected chi connectivity index (χ1v) is 8.98. The number of aryl methyl sites for hydroxylation is 2. The predicted molar refractivity (Wildman–Crippen MR) is 101 cm³/mol. The number of thioether (sulfide) groups is 1. The van der Waals surface area contributed by atoms with Gasteiger partial charge < -0.3 is 10.1 Å². The van der Waals surface area contributed by atoms with Crippen LogP contribution < -0.4 is 10.1 Å². The first-order valence-electron chi connectivity index (χ1n) is 8.00. The van der Waals surface area contributed by atoms with Crippen LogP contribution >= 0.6 is 11.8 Å². The molecular formula is C18H19N5O2S. The first kappa shape index (κ1) is 17.9. The summed E-state index contributed by atoms with van der Waals surface area (Å²) in [5.74, 6) is 0.643. The van der Waals surface area contributed by atoms with Crippen molar-refractivity contribution in [1.82, 2.24) is 20.2 Å². The Morgan fingerprint density at radius 3 is 2.81 bits per heavy atom. The van der Waals surface area contributed by atoms with E-state index in [0.717, 1.165) is 11.3 Å². The molecule has 0 atom stereocenters. The average molecular weight is 369 g/mol. The molecule has 0 aliphatic rings. The quantitative estimate of drug-likeness (QED) is 0.673. The van der Waals surface area contributed by atoms with E-state index >= 15 is 0 Å². The highest BCUT2D eigenvalue weighted by Crippen LogP contribution is 2.24. The molecule has 0 spiro atoms. The van der Waals surface area contributed by atoms with Gasteiger partial charge in [-0.15, -0.1) is 5.10 Å². The molecule has 0 unspecified atom stereocenters. The van der Waals surface area contributed by atoms with Gasteiger partial charge in [0.2, 0.25) is 11.1 Å². The second-order valence-corrected chi connectivity index (χ2v) is 6.64. The molecule has 3 rings (SSSR count). The van der Waals surface area contributed by atoms with E-state index < -0.39 is 0 Å². The fourth-order valence-corrected chi connectivity index (χ4v) is 3.21. The lowest BCUT2D eigenvalue weighted by Gasteiger charge is -2.10. The Hall–Kier alpha value is -2.87. The summed E-state index contributed by atoms with van der Waals surface area (Å²) in [6.45, 7) is 4.04. The Labute approximate surface area is 155 Å². The van der Waals surface area contributed by atoms with Crippen molar-refractivity contribution in [1.29, 1.82) is 0 Å². The number of nitrogens with zero attached hydrogens (tertiary/aromatic N) is 4. The summed E-state index contributed by atoms with van der Waals surface area (Å²) in [7, 11) is 1.57. The number of carbonyl (C=O) groups excluding carboxylic acids is 1. The van der Waals surface area contributed by atoms with Gasteiger partial charge >= 0.3 is 0 Å². The van der Waals surface area contributed by atoms with Gasteiger partial charge in [0, 0.05) is 0 Å². The van der Waals surface area contributed by atoms with Crippen molar-refractivity contribution in [3.05, 3.63) is 53.6 Å². The molecule has 1 amide bonds. The van der Waals surface area contributed by atoms with E-state index in [-0.39, 0.29) is 11.7 Å². The number of benzene rings is 2. The summed E-state index contributed by atoms with van der Waals surface area (Å²) in [4.78, 5) is 12.3. The van der Waals surface area contributed by atoms with Crippen LogP contribution in [0.2, 0.25) is 0 Å². The topological polar surface area (TPSA) is 81.9 Å². The molecule has 26 heavy (non-hydrogen) atoms. The first-order chi connectivity index (χ1) is 12.6. The lowest BCUT2D eigenvalue weighted by atomic mass is 10.1. The van der Waals surface area contributed by atoms with Gasteiger partial charge in [-0.25, -0.2) is 0 Å². The number of rotatable bonds is 6. The number of amides is 1. The normalized spacial score (nSPS) is 10.6. The molecule has 0 aliphatic heterocycles. The van der Waals surface area contributed by atoms with E-state index in [9.17, 15) is 4.79 Å². The molecule has 0 radical (unpaired) electrons. The highest BCUT2D eigenvalue weighted by atomic mass is 32.2. The Morgan fingerprint density at radius 1 is 1.23 bits per heavy atom. The third kappa shape index (κ3) is 4.02. The Bertz CT molecular complexity index is 925. The largest absolute Gasteiger partial charge is 0.495 e. The molecule has 0 bridgehead atoms. The van der Waals surface area contributed by atoms with Crippen molar-refractivity contribution < 1.29 is 9.53 Å². The van der Waals surface area contributed by atoms with Crippen molar-refractivity contribution in [2.24, 2.45) is 0 Å². The number of aromatic nitrogens is 4. The molecule has 1 heterocycles. The summed E-state index contributed by atoms with van der Waals surface area (Å²) in [6.07, 6.45) is 0. The van der Waals surface area contributed by atoms with E-state index in [2.05, 4.69) is 26.9 Å². The molecule has 8 heteroatoms. The zero-order valence-electron chi connectivity index (χ0n) is 14.8. The summed E-state index contributed by atoms with van der Waals surface area (Å²) >= 11 is 1.28. The number of ether oxygens (including phenoxy) is 1. The maximum absolute atomic E-state index is 12.3. The molecular weight excluding hydrogens is 350 g/mol. The summed E-state index contributed by atoms with van der Waals surface area (Å²) < 4.78 is 6.89. The van der Waals surface area contributed by atoms with Crippen molar-refractivity contribution in [2.75, 3.05) is 18.2 Å². The van der Waals surface area contributed by atoms with Crippen LogP contribution in [-0.2, 0) is 4.79 Å². The number of nitrogens with one attached hydrogen (secondary N) is 1. The Kier molecular flexibility index (Phi) is 5.52. The van der Waals surface area contributed by atoms with Crippen molar-refractivity contribution in [3.8, 4) is 11.4 Å². The molecule has 7 nitrogen and oxygen atoms in total. The number of tetrazole rings is 1. The van der Waals surface area contributed by atoms with Crippen LogP contribution in [0.3, 0.4) is 0 Å². The van der Waals surface area contributed by atoms with Crippen LogP contribution in [0.1, 0.15) is 11.1 Å². The number of hydrogen-bond donors (Lipinski definition) is 1. The Balaban J connectivity index is 1.69. The minimum Gasteiger partial charge on any atom is -0.495 e. The lowest BCUT2D eigenvalue weighted by Crippen LogP contribution is -2.15. The third-order valence-electron chi connectivity index (χ3n) is 3.73. The summed E-state index contributed by atoms with van der Waals surface area (Å²) in [5.41, 5.74) is 3.77. The van der Waals surface area contributed by atoms with Crippen molar-refractivity contribution in [2.45, 2.75) is 19.0 Å². The van der Waals surface area contributed by atoms with Gasteiger partial charge in [-0.3, -0.25) is 4.79 Å². The third-order valence-corrected chi connectivity index (χ3v) is 4.65. The van der Waals surface area contributed by atoms with Gasteiger partial charge in [-0.2, -0.15) is 4.68 Å². The molecule has 1 N–H and O–H groups in total. The summed E-state index contributed by atoms with van der Waals surface area (Å²) in [5, 5.41) is 15.2. The van der Waals surface area contributed by atoms with E-state index in [1.54, 1.807) is 23.9 Å². The second kappa shape index (κ2) is 8.01. The smallest absolute Gasteiger partial charge is 0.234 e. The van der Waals surface area contributed by atoms with Gasteiger partial charge in [-0.05, 0) is 48.0 Å². The minimum absolute atomic E-state index is 0.158. The number of hydrogen-bond acceptors (Lipinski definition) is 6. The number of para-hydroxylation sites is 2. The van der Waals surface area contributed by atoms with Crippen LogP contribution in [0, 0.1) is 13.8 Å². The van der Waals surface area contributed by atoms with Crippen LogP contribution in [0.25, 0.3) is 5.69 Å². The van der Waals surface area contributed by atoms with Crippen LogP contribution in [0.15, 0.2) is 47.6 Å². The zero-order chi connectivity index (χ0) is 18.5. The maximum atomic E-state index is 12.3. The monoisotopic (exact) mass is 369 g/mol. The fraction of sp³-hybridized carbons (Fsp3) is 0.222. The molecule has 0 fully saturated rings. The van der Waals surface area contributed by atoms with Gasteiger partial charge in [0.1, 0.15) is 5.75 Å². The molecule has 0 saturated carbocycles. The van der Waals surface area contributed by atoms with E-state index in [1.807, 2.05) is 38.1 Å². The van der Waals surface area contributed by atoms with Crippen molar-refractivity contribution in [3.63, 3.8) is 0 Å². The van der Waals surface area contributed by atoms with Crippen LogP contribution in [0.4, 0.5) is 5.69 Å². The van der Waals surface area contributed by atoms with E-state index in [1.165, 1.54) is 17.3 Å². The molecule has 0 aliphatic carbocycles. The van der Waals surface area contributed by atoms with E-state index in [0.29, 0.717) is 16.6 Å². The van der Waals surface area contributed by atoms with E-state index in [4.69, 9.17) is 4.74 Å². The molecule has 3 aromatic rings. The molecule has 1 aromatic heterocycles. The van der Waals surface area contributed by atoms with Crippen molar-refractivity contribution >= 4 is 23.4 Å². The number of carbonyl (C=O) groups is 1. The Morgan fingerprint density at radius 2 is 2.04 bits per heavy atom.